The van der Waals surface area contributed by atoms with E-state index >= 15 is 0 Å². The molecule has 1 aromatic carbocycles. The predicted molar refractivity (Wildman–Crippen MR) is 75.2 cm³/mol. The molecule has 1 aromatic rings. The van der Waals surface area contributed by atoms with Crippen LogP contribution in [0.3, 0.4) is 0 Å². The lowest BCUT2D eigenvalue weighted by atomic mass is 10.2. The maximum atomic E-state index is 12.2. The molecule has 1 fully saturated rings. The van der Waals surface area contributed by atoms with Gasteiger partial charge in [0, 0.05) is 23.8 Å². The second-order valence-electron chi connectivity index (χ2n) is 4.79. The van der Waals surface area contributed by atoms with Crippen LogP contribution in [0.25, 0.3) is 0 Å². The van der Waals surface area contributed by atoms with Gasteiger partial charge in [-0.3, -0.25) is 0 Å². The first-order valence-corrected chi connectivity index (χ1v) is 6.87. The van der Waals surface area contributed by atoms with Gasteiger partial charge in [0.25, 0.3) is 0 Å². The normalized spacial score (nSPS) is 16.2. The summed E-state index contributed by atoms with van der Waals surface area (Å²) in [6, 6.07) is 5.54. The van der Waals surface area contributed by atoms with Crippen molar-refractivity contribution >= 4 is 23.3 Å². The summed E-state index contributed by atoms with van der Waals surface area (Å²) in [7, 11) is 0. The number of urea groups is 1. The Morgan fingerprint density at radius 3 is 2.56 bits per heavy atom. The van der Waals surface area contributed by atoms with E-state index in [0.29, 0.717) is 5.02 Å². The second-order valence-corrected chi connectivity index (χ2v) is 5.23. The first-order chi connectivity index (χ1) is 8.66. The van der Waals surface area contributed by atoms with Crippen LogP contribution in [0.1, 0.15) is 31.2 Å². The molecule has 4 heteroatoms. The molecule has 0 bridgehead atoms. The van der Waals surface area contributed by atoms with Crippen molar-refractivity contribution in [2.45, 2.75) is 32.6 Å². The van der Waals surface area contributed by atoms with E-state index in [4.69, 9.17) is 11.6 Å². The quantitative estimate of drug-likeness (QED) is 0.817. The van der Waals surface area contributed by atoms with Gasteiger partial charge in [0.15, 0.2) is 0 Å². The summed E-state index contributed by atoms with van der Waals surface area (Å²) in [5.41, 5.74) is 1.83. The number of carbonyl (C=O) groups is 1. The first kappa shape index (κ1) is 13.2. The summed E-state index contributed by atoms with van der Waals surface area (Å²) in [5.74, 6) is 0. The monoisotopic (exact) mass is 266 g/mol. The minimum atomic E-state index is -0.0118. The number of carbonyl (C=O) groups excluding carboxylic acids is 1. The minimum Gasteiger partial charge on any atom is -0.325 e. The Kier molecular flexibility index (Phi) is 4.48. The molecule has 1 heterocycles. The zero-order valence-corrected chi connectivity index (χ0v) is 11.5. The van der Waals surface area contributed by atoms with Crippen LogP contribution in [0, 0.1) is 6.92 Å². The third kappa shape index (κ3) is 3.39. The number of amides is 2. The van der Waals surface area contributed by atoms with Crippen LogP contribution in [0.15, 0.2) is 18.2 Å². The zero-order chi connectivity index (χ0) is 13.0. The van der Waals surface area contributed by atoms with Crippen LogP contribution in [0.4, 0.5) is 10.5 Å². The van der Waals surface area contributed by atoms with E-state index < -0.39 is 0 Å². The van der Waals surface area contributed by atoms with Crippen molar-refractivity contribution in [1.29, 1.82) is 0 Å². The number of benzene rings is 1. The second kappa shape index (κ2) is 6.10. The average Bonchev–Trinajstić information content (AvgIpc) is 2.62. The van der Waals surface area contributed by atoms with Gasteiger partial charge in [-0.15, -0.1) is 0 Å². The van der Waals surface area contributed by atoms with Crippen LogP contribution in [-0.4, -0.2) is 24.0 Å². The molecule has 0 unspecified atom stereocenters. The van der Waals surface area contributed by atoms with E-state index in [9.17, 15) is 4.79 Å². The highest BCUT2D eigenvalue weighted by Gasteiger charge is 2.16. The summed E-state index contributed by atoms with van der Waals surface area (Å²) in [4.78, 5) is 14.1. The number of aryl methyl sites for hydroxylation is 1. The average molecular weight is 267 g/mol. The molecular formula is C14H19ClN2O. The van der Waals surface area contributed by atoms with Crippen molar-refractivity contribution in [3.05, 3.63) is 28.8 Å². The van der Waals surface area contributed by atoms with E-state index in [-0.39, 0.29) is 6.03 Å². The molecule has 0 spiro atoms. The Labute approximate surface area is 113 Å². The Hall–Kier alpha value is -1.22. The van der Waals surface area contributed by atoms with Gasteiger partial charge >= 0.3 is 6.03 Å². The van der Waals surface area contributed by atoms with Gasteiger partial charge in [-0.1, -0.05) is 30.5 Å². The number of hydrogen-bond acceptors (Lipinski definition) is 1. The van der Waals surface area contributed by atoms with E-state index in [2.05, 4.69) is 5.32 Å². The fraction of sp³-hybridized carbons (Fsp3) is 0.500. The number of nitrogens with one attached hydrogen (secondary N) is 1. The van der Waals surface area contributed by atoms with Crippen LogP contribution in [0.2, 0.25) is 5.02 Å². The van der Waals surface area contributed by atoms with Gasteiger partial charge in [0.1, 0.15) is 0 Å². The molecule has 2 amide bonds. The summed E-state index contributed by atoms with van der Waals surface area (Å²) < 4.78 is 0. The number of likely N-dealkylation sites (tertiary alicyclic amines) is 1. The number of hydrogen-bond donors (Lipinski definition) is 1. The van der Waals surface area contributed by atoms with Crippen molar-refractivity contribution in [3.8, 4) is 0 Å². The molecular weight excluding hydrogens is 248 g/mol. The molecule has 0 atom stereocenters. The summed E-state index contributed by atoms with van der Waals surface area (Å²) in [5, 5.41) is 3.60. The first-order valence-electron chi connectivity index (χ1n) is 6.49. The molecule has 3 nitrogen and oxygen atoms in total. The lowest BCUT2D eigenvalue weighted by Crippen LogP contribution is -2.35. The van der Waals surface area contributed by atoms with E-state index in [1.807, 2.05) is 24.0 Å². The summed E-state index contributed by atoms with van der Waals surface area (Å²) >= 11 is 5.95. The van der Waals surface area contributed by atoms with Crippen molar-refractivity contribution in [3.63, 3.8) is 0 Å². The number of nitrogens with zero attached hydrogens (tertiary/aromatic N) is 1. The fourth-order valence-electron chi connectivity index (χ4n) is 2.20. The zero-order valence-electron chi connectivity index (χ0n) is 10.7. The number of rotatable bonds is 1. The van der Waals surface area contributed by atoms with Gasteiger partial charge in [-0.2, -0.15) is 0 Å². The maximum absolute atomic E-state index is 12.2. The molecule has 2 rings (SSSR count). The highest BCUT2D eigenvalue weighted by molar-refractivity contribution is 6.31. The van der Waals surface area contributed by atoms with Crippen LogP contribution in [0.5, 0.6) is 0 Å². The van der Waals surface area contributed by atoms with Crippen molar-refractivity contribution in [2.24, 2.45) is 0 Å². The van der Waals surface area contributed by atoms with Crippen LogP contribution >= 0.6 is 11.6 Å². The third-order valence-corrected chi connectivity index (χ3v) is 3.57. The van der Waals surface area contributed by atoms with Gasteiger partial charge in [-0.25, -0.2) is 4.79 Å². The van der Waals surface area contributed by atoms with Crippen molar-refractivity contribution in [1.82, 2.24) is 4.90 Å². The molecule has 1 N–H and O–H groups in total. The predicted octanol–water partition coefficient (Wildman–Crippen LogP) is 4.06. The van der Waals surface area contributed by atoms with Gasteiger partial charge in [0.05, 0.1) is 0 Å². The Bertz CT molecular complexity index is 426. The Balaban J connectivity index is 2.03. The highest BCUT2D eigenvalue weighted by atomic mass is 35.5. The molecule has 0 saturated carbocycles. The maximum Gasteiger partial charge on any atom is 0.321 e. The third-order valence-electron chi connectivity index (χ3n) is 3.33. The molecule has 1 aliphatic rings. The summed E-state index contributed by atoms with van der Waals surface area (Å²) in [6.45, 7) is 3.67. The van der Waals surface area contributed by atoms with Crippen LogP contribution < -0.4 is 5.32 Å². The Morgan fingerprint density at radius 2 is 1.89 bits per heavy atom. The standard InChI is InChI=1S/C14H19ClN2O/c1-11-6-7-12(15)10-13(11)16-14(18)17-8-4-2-3-5-9-17/h6-7,10H,2-5,8-9H2,1H3,(H,16,18). The van der Waals surface area contributed by atoms with Crippen molar-refractivity contribution in [2.75, 3.05) is 18.4 Å². The SMILES string of the molecule is Cc1ccc(Cl)cc1NC(=O)N1CCCCCC1. The molecule has 0 aliphatic carbocycles. The minimum absolute atomic E-state index is 0.0118. The Morgan fingerprint density at radius 1 is 1.22 bits per heavy atom. The molecule has 1 aliphatic heterocycles. The van der Waals surface area contributed by atoms with Crippen LogP contribution in [-0.2, 0) is 0 Å². The fourth-order valence-corrected chi connectivity index (χ4v) is 2.37. The highest BCUT2D eigenvalue weighted by Crippen LogP contribution is 2.21. The van der Waals surface area contributed by atoms with E-state index in [0.717, 1.165) is 37.2 Å². The number of halogens is 1. The smallest absolute Gasteiger partial charge is 0.321 e. The molecule has 0 radical (unpaired) electrons. The van der Waals surface area contributed by atoms with Gasteiger partial charge in [0.2, 0.25) is 0 Å². The van der Waals surface area contributed by atoms with Crippen molar-refractivity contribution < 1.29 is 4.79 Å². The lowest BCUT2D eigenvalue weighted by molar-refractivity contribution is 0.213. The molecule has 98 valence electrons. The van der Waals surface area contributed by atoms with Gasteiger partial charge < -0.3 is 10.2 Å². The molecule has 1 saturated heterocycles. The van der Waals surface area contributed by atoms with E-state index in [1.165, 1.54) is 12.8 Å². The number of anilines is 1. The molecule has 18 heavy (non-hydrogen) atoms. The topological polar surface area (TPSA) is 32.3 Å². The largest absolute Gasteiger partial charge is 0.325 e. The van der Waals surface area contributed by atoms with E-state index in [1.54, 1.807) is 6.07 Å². The summed E-state index contributed by atoms with van der Waals surface area (Å²) in [6.07, 6.45) is 4.64. The lowest BCUT2D eigenvalue weighted by Gasteiger charge is -2.21. The molecule has 0 aromatic heterocycles. The van der Waals surface area contributed by atoms with Gasteiger partial charge in [-0.05, 0) is 37.5 Å².